The van der Waals surface area contributed by atoms with Crippen molar-refractivity contribution in [3.8, 4) is 0 Å². The van der Waals surface area contributed by atoms with Crippen LogP contribution in [-0.4, -0.2) is 68.2 Å². The fourth-order valence-corrected chi connectivity index (χ4v) is 4.94. The summed E-state index contributed by atoms with van der Waals surface area (Å²) in [6, 6.07) is 5.97. The molecule has 2 aliphatic rings. The standard InChI is InChI=1S/C18H26N4O4S/c1-13(19)15-3-2-9-21(11-15)18(24)14-4-6-16(7-5-14)27(25,26)22-10-8-20-17(23)12-22/h4-7,13,15H,2-3,8-12,19H2,1H3,(H,20,23). The topological polar surface area (TPSA) is 113 Å². The minimum atomic E-state index is -3.75. The minimum absolute atomic E-state index is 0.0369. The van der Waals surface area contributed by atoms with E-state index in [1.54, 1.807) is 4.90 Å². The van der Waals surface area contributed by atoms with E-state index in [1.165, 1.54) is 24.3 Å². The Labute approximate surface area is 159 Å². The molecular formula is C18H26N4O4S. The van der Waals surface area contributed by atoms with E-state index < -0.39 is 10.0 Å². The normalized spacial score (nSPS) is 23.0. The van der Waals surface area contributed by atoms with Crippen LogP contribution in [-0.2, 0) is 14.8 Å². The summed E-state index contributed by atoms with van der Waals surface area (Å²) < 4.78 is 26.5. The summed E-state index contributed by atoms with van der Waals surface area (Å²) in [7, 11) is -3.75. The van der Waals surface area contributed by atoms with Gasteiger partial charge < -0.3 is 16.0 Å². The molecule has 9 heteroatoms. The first-order valence-corrected chi connectivity index (χ1v) is 10.6. The average molecular weight is 394 g/mol. The molecule has 0 bridgehead atoms. The number of hydrogen-bond acceptors (Lipinski definition) is 5. The van der Waals surface area contributed by atoms with Crippen molar-refractivity contribution in [2.45, 2.75) is 30.7 Å². The van der Waals surface area contributed by atoms with Crippen molar-refractivity contribution in [1.82, 2.24) is 14.5 Å². The van der Waals surface area contributed by atoms with Crippen LogP contribution in [0.1, 0.15) is 30.1 Å². The molecule has 3 rings (SSSR count). The lowest BCUT2D eigenvalue weighted by Crippen LogP contribution is -2.49. The second-order valence-electron chi connectivity index (χ2n) is 7.23. The minimum Gasteiger partial charge on any atom is -0.354 e. The number of rotatable bonds is 4. The number of piperazine rings is 1. The molecular weight excluding hydrogens is 368 g/mol. The fourth-order valence-electron chi connectivity index (χ4n) is 3.55. The summed E-state index contributed by atoms with van der Waals surface area (Å²) in [6.07, 6.45) is 1.93. The second-order valence-corrected chi connectivity index (χ2v) is 9.16. The molecule has 27 heavy (non-hydrogen) atoms. The first-order chi connectivity index (χ1) is 12.8. The molecule has 0 saturated carbocycles. The largest absolute Gasteiger partial charge is 0.354 e. The first-order valence-electron chi connectivity index (χ1n) is 9.21. The number of carbonyl (C=O) groups excluding carboxylic acids is 2. The van der Waals surface area contributed by atoms with Crippen molar-refractivity contribution in [2.24, 2.45) is 11.7 Å². The summed E-state index contributed by atoms with van der Waals surface area (Å²) in [5.74, 6) is -0.139. The third kappa shape index (κ3) is 4.31. The summed E-state index contributed by atoms with van der Waals surface area (Å²) >= 11 is 0. The molecule has 2 saturated heterocycles. The van der Waals surface area contributed by atoms with Gasteiger partial charge in [-0.25, -0.2) is 8.42 Å². The Morgan fingerprint density at radius 1 is 1.26 bits per heavy atom. The van der Waals surface area contributed by atoms with Crippen LogP contribution in [0.5, 0.6) is 0 Å². The van der Waals surface area contributed by atoms with Crippen LogP contribution in [0.15, 0.2) is 29.2 Å². The van der Waals surface area contributed by atoms with Crippen LogP contribution in [0.2, 0.25) is 0 Å². The Hall–Kier alpha value is -1.97. The van der Waals surface area contributed by atoms with E-state index in [-0.39, 0.29) is 41.8 Å². The number of nitrogens with two attached hydrogens (primary N) is 1. The van der Waals surface area contributed by atoms with Gasteiger partial charge in [0.05, 0.1) is 11.4 Å². The van der Waals surface area contributed by atoms with Gasteiger partial charge in [0.25, 0.3) is 5.91 Å². The van der Waals surface area contributed by atoms with Crippen molar-refractivity contribution < 1.29 is 18.0 Å². The van der Waals surface area contributed by atoms with Crippen LogP contribution >= 0.6 is 0 Å². The van der Waals surface area contributed by atoms with E-state index in [4.69, 9.17) is 5.73 Å². The summed E-state index contributed by atoms with van der Waals surface area (Å²) in [5, 5.41) is 2.60. The van der Waals surface area contributed by atoms with Crippen LogP contribution in [0.4, 0.5) is 0 Å². The molecule has 2 heterocycles. The molecule has 8 nitrogen and oxygen atoms in total. The van der Waals surface area contributed by atoms with Crippen LogP contribution in [0, 0.1) is 5.92 Å². The van der Waals surface area contributed by atoms with Gasteiger partial charge >= 0.3 is 0 Å². The van der Waals surface area contributed by atoms with E-state index >= 15 is 0 Å². The van der Waals surface area contributed by atoms with Crippen molar-refractivity contribution in [3.05, 3.63) is 29.8 Å². The van der Waals surface area contributed by atoms with Gasteiger partial charge in [0.2, 0.25) is 15.9 Å². The van der Waals surface area contributed by atoms with Crippen molar-refractivity contribution >= 4 is 21.8 Å². The lowest BCUT2D eigenvalue weighted by molar-refractivity contribution is -0.122. The molecule has 0 spiro atoms. The number of nitrogens with zero attached hydrogens (tertiary/aromatic N) is 2. The number of carbonyl (C=O) groups is 2. The van der Waals surface area contributed by atoms with Crippen LogP contribution in [0.3, 0.4) is 0 Å². The molecule has 0 aliphatic carbocycles. The highest BCUT2D eigenvalue weighted by Gasteiger charge is 2.30. The highest BCUT2D eigenvalue weighted by molar-refractivity contribution is 7.89. The van der Waals surface area contributed by atoms with Gasteiger partial charge in [-0.05, 0) is 49.9 Å². The van der Waals surface area contributed by atoms with Crippen molar-refractivity contribution in [1.29, 1.82) is 0 Å². The predicted molar refractivity (Wildman–Crippen MR) is 100 cm³/mol. The maximum Gasteiger partial charge on any atom is 0.253 e. The predicted octanol–water partition coefficient (Wildman–Crippen LogP) is 0.00650. The molecule has 148 valence electrons. The Bertz CT molecular complexity index is 807. The monoisotopic (exact) mass is 394 g/mol. The highest BCUT2D eigenvalue weighted by Crippen LogP contribution is 2.22. The summed E-state index contributed by atoms with van der Waals surface area (Å²) in [6.45, 7) is 3.62. The van der Waals surface area contributed by atoms with Gasteiger partial charge in [0.15, 0.2) is 0 Å². The lowest BCUT2D eigenvalue weighted by atomic mass is 9.92. The number of amides is 2. The summed E-state index contributed by atoms with van der Waals surface area (Å²) in [4.78, 5) is 26.1. The van der Waals surface area contributed by atoms with Crippen LogP contribution < -0.4 is 11.1 Å². The Balaban J connectivity index is 1.73. The Morgan fingerprint density at radius 3 is 2.59 bits per heavy atom. The molecule has 2 aliphatic heterocycles. The quantitative estimate of drug-likeness (QED) is 0.747. The van der Waals surface area contributed by atoms with E-state index in [1.807, 2.05) is 6.92 Å². The molecule has 1 aromatic carbocycles. The number of sulfonamides is 1. The molecule has 3 N–H and O–H groups in total. The van der Waals surface area contributed by atoms with Crippen molar-refractivity contribution in [3.63, 3.8) is 0 Å². The smallest absolute Gasteiger partial charge is 0.253 e. The molecule has 2 amide bonds. The maximum atomic E-state index is 12.7. The SMILES string of the molecule is CC(N)C1CCCN(C(=O)c2ccc(S(=O)(=O)N3CCNC(=O)C3)cc2)C1. The van der Waals surface area contributed by atoms with E-state index in [0.717, 1.165) is 17.1 Å². The van der Waals surface area contributed by atoms with Gasteiger partial charge in [0.1, 0.15) is 0 Å². The Kier molecular flexibility index (Phi) is 5.83. The third-order valence-corrected chi connectivity index (χ3v) is 7.09. The molecule has 2 atom stereocenters. The molecule has 0 radical (unpaired) electrons. The molecule has 0 aromatic heterocycles. The zero-order chi connectivity index (χ0) is 19.6. The zero-order valence-corrected chi connectivity index (χ0v) is 16.2. The fraction of sp³-hybridized carbons (Fsp3) is 0.556. The van der Waals surface area contributed by atoms with Gasteiger partial charge in [-0.3, -0.25) is 9.59 Å². The number of likely N-dealkylation sites (tertiary alicyclic amines) is 1. The number of piperidine rings is 1. The van der Waals surface area contributed by atoms with E-state index in [0.29, 0.717) is 25.2 Å². The number of nitrogens with one attached hydrogen (secondary N) is 1. The molecule has 2 fully saturated rings. The Morgan fingerprint density at radius 2 is 1.96 bits per heavy atom. The van der Waals surface area contributed by atoms with Gasteiger partial charge in [-0.2, -0.15) is 4.31 Å². The zero-order valence-electron chi connectivity index (χ0n) is 15.4. The first kappa shape index (κ1) is 19.8. The number of benzene rings is 1. The maximum absolute atomic E-state index is 12.7. The number of hydrogen-bond donors (Lipinski definition) is 2. The third-order valence-electron chi connectivity index (χ3n) is 5.23. The van der Waals surface area contributed by atoms with E-state index in [2.05, 4.69) is 5.32 Å². The van der Waals surface area contributed by atoms with Crippen LogP contribution in [0.25, 0.3) is 0 Å². The second kappa shape index (κ2) is 7.95. The van der Waals surface area contributed by atoms with Gasteiger partial charge in [-0.1, -0.05) is 0 Å². The van der Waals surface area contributed by atoms with Gasteiger partial charge in [0, 0.05) is 37.8 Å². The molecule has 2 unspecified atom stereocenters. The van der Waals surface area contributed by atoms with E-state index in [9.17, 15) is 18.0 Å². The average Bonchev–Trinajstić information content (AvgIpc) is 2.67. The molecule has 1 aromatic rings. The van der Waals surface area contributed by atoms with Crippen molar-refractivity contribution in [2.75, 3.05) is 32.7 Å². The van der Waals surface area contributed by atoms with Gasteiger partial charge in [-0.15, -0.1) is 0 Å². The highest BCUT2D eigenvalue weighted by atomic mass is 32.2. The lowest BCUT2D eigenvalue weighted by Gasteiger charge is -2.34. The summed E-state index contributed by atoms with van der Waals surface area (Å²) in [5.41, 5.74) is 6.43.